The lowest BCUT2D eigenvalue weighted by Crippen LogP contribution is -2.19. The summed E-state index contributed by atoms with van der Waals surface area (Å²) in [6.07, 6.45) is 7.03. The highest BCUT2D eigenvalue weighted by Crippen LogP contribution is 2.43. The fourth-order valence-electron chi connectivity index (χ4n) is 4.92. The van der Waals surface area contributed by atoms with E-state index in [1.807, 2.05) is 0 Å². The second-order valence-corrected chi connectivity index (χ2v) is 9.13. The molecule has 2 aliphatic rings. The van der Waals surface area contributed by atoms with Crippen molar-refractivity contribution < 1.29 is 22.3 Å². The molecule has 1 aromatic carbocycles. The Balaban J connectivity index is 1.51. The molecule has 0 spiro atoms. The third kappa shape index (κ3) is 5.77. The van der Waals surface area contributed by atoms with E-state index >= 15 is 0 Å². The molecule has 0 heterocycles. The van der Waals surface area contributed by atoms with Gasteiger partial charge in [-0.2, -0.15) is 0 Å². The van der Waals surface area contributed by atoms with Gasteiger partial charge in [-0.25, -0.2) is 4.39 Å². The molecule has 0 unspecified atom stereocenters. The minimum Gasteiger partial charge on any atom is -0.403 e. The van der Waals surface area contributed by atoms with Crippen molar-refractivity contribution >= 4 is 11.6 Å². The molecular weight excluding hydrogens is 392 g/mol. The molecule has 0 radical (unpaired) electrons. The van der Waals surface area contributed by atoms with E-state index in [1.165, 1.54) is 44.6 Å². The van der Waals surface area contributed by atoms with Crippen LogP contribution in [0.2, 0.25) is 5.02 Å². The average Bonchev–Trinajstić information content (AvgIpc) is 2.65. The smallest absolute Gasteiger partial charge is 0.403 e. The summed E-state index contributed by atoms with van der Waals surface area (Å²) in [5.74, 6) is 0.575. The lowest BCUT2D eigenvalue weighted by Gasteiger charge is -2.32. The first-order chi connectivity index (χ1) is 13.2. The molecule has 6 heteroatoms. The highest BCUT2D eigenvalue weighted by molar-refractivity contribution is 6.31. The highest BCUT2D eigenvalue weighted by Gasteiger charge is 2.34. The van der Waals surface area contributed by atoms with E-state index < -0.39 is 17.9 Å². The Morgan fingerprint density at radius 1 is 0.929 bits per heavy atom. The number of rotatable bonds is 5. The Kier molecular flexibility index (Phi) is 7.17. The molecule has 1 nitrogen and oxygen atoms in total. The van der Waals surface area contributed by atoms with Gasteiger partial charge in [0.15, 0.2) is 11.6 Å². The molecule has 0 aromatic heterocycles. The summed E-state index contributed by atoms with van der Waals surface area (Å²) in [6, 6.07) is 2.53. The Morgan fingerprint density at radius 2 is 1.46 bits per heavy atom. The zero-order valence-corrected chi connectivity index (χ0v) is 17.1. The van der Waals surface area contributed by atoms with Crippen molar-refractivity contribution in [3.63, 3.8) is 0 Å². The van der Waals surface area contributed by atoms with E-state index in [4.69, 9.17) is 11.6 Å². The van der Waals surface area contributed by atoms with Gasteiger partial charge in [-0.05, 0) is 61.0 Å². The normalized spacial score (nSPS) is 28.9. The van der Waals surface area contributed by atoms with Crippen LogP contribution in [0.3, 0.4) is 0 Å². The molecule has 1 aromatic rings. The predicted octanol–water partition coefficient (Wildman–Crippen LogP) is 8.26. The number of alkyl halides is 3. The van der Waals surface area contributed by atoms with Gasteiger partial charge in [0.05, 0.1) is 5.02 Å². The fraction of sp³-hybridized carbons (Fsp3) is 0.727. The van der Waals surface area contributed by atoms with Gasteiger partial charge in [-0.1, -0.05) is 63.1 Å². The van der Waals surface area contributed by atoms with Crippen LogP contribution >= 0.6 is 11.6 Å². The number of hydrogen-bond acceptors (Lipinski definition) is 1. The average molecular weight is 421 g/mol. The summed E-state index contributed by atoms with van der Waals surface area (Å²) in [5.41, 5.74) is 0.605. The first-order valence-corrected chi connectivity index (χ1v) is 10.8. The van der Waals surface area contributed by atoms with Crippen molar-refractivity contribution in [1.82, 2.24) is 0 Å². The number of ether oxygens (including phenoxy) is 1. The van der Waals surface area contributed by atoms with E-state index in [1.54, 1.807) is 0 Å². The fourth-order valence-corrected chi connectivity index (χ4v) is 5.23. The van der Waals surface area contributed by atoms with Gasteiger partial charge in [0, 0.05) is 0 Å². The molecule has 2 saturated carbocycles. The van der Waals surface area contributed by atoms with E-state index in [2.05, 4.69) is 11.7 Å². The van der Waals surface area contributed by atoms with Gasteiger partial charge in [0.2, 0.25) is 0 Å². The highest BCUT2D eigenvalue weighted by atomic mass is 35.5. The van der Waals surface area contributed by atoms with Crippen LogP contribution in [0, 0.1) is 23.6 Å². The van der Waals surface area contributed by atoms with E-state index in [9.17, 15) is 17.6 Å². The summed E-state index contributed by atoms with van der Waals surface area (Å²) in [4.78, 5) is 0. The van der Waals surface area contributed by atoms with Crippen LogP contribution in [0.1, 0.15) is 82.6 Å². The van der Waals surface area contributed by atoms with Crippen LogP contribution in [0.5, 0.6) is 5.75 Å². The molecular formula is C22H29ClF4O. The Labute approximate surface area is 169 Å². The van der Waals surface area contributed by atoms with Crippen LogP contribution in [0.25, 0.3) is 0 Å². The largest absolute Gasteiger partial charge is 0.573 e. The van der Waals surface area contributed by atoms with Crippen molar-refractivity contribution in [2.24, 2.45) is 17.8 Å². The predicted molar refractivity (Wildman–Crippen MR) is 103 cm³/mol. The SMILES string of the molecule is CC1CCC(CCC2CCC(c3ccc(OC(F)(F)F)c(F)c3Cl)CC2)CC1. The maximum absolute atomic E-state index is 14.2. The Bertz CT molecular complexity index is 645. The summed E-state index contributed by atoms with van der Waals surface area (Å²) in [5, 5.41) is -0.235. The Morgan fingerprint density at radius 3 is 2.00 bits per heavy atom. The van der Waals surface area contributed by atoms with Gasteiger partial charge in [0.25, 0.3) is 0 Å². The van der Waals surface area contributed by atoms with E-state index in [0.717, 1.165) is 43.6 Å². The first-order valence-electron chi connectivity index (χ1n) is 10.5. The molecule has 2 fully saturated rings. The van der Waals surface area contributed by atoms with Crippen molar-refractivity contribution in [3.8, 4) is 5.75 Å². The molecule has 3 rings (SSSR count). The Hall–Kier alpha value is -0.970. The van der Waals surface area contributed by atoms with Crippen LogP contribution in [-0.2, 0) is 0 Å². The maximum Gasteiger partial charge on any atom is 0.573 e. The third-order valence-corrected chi connectivity index (χ3v) is 7.09. The quantitative estimate of drug-likeness (QED) is 0.435. The van der Waals surface area contributed by atoms with Crippen LogP contribution in [0.4, 0.5) is 17.6 Å². The van der Waals surface area contributed by atoms with Crippen LogP contribution < -0.4 is 4.74 Å². The summed E-state index contributed by atoms with van der Waals surface area (Å²) in [7, 11) is 0. The van der Waals surface area contributed by atoms with Crippen molar-refractivity contribution in [2.45, 2.75) is 83.4 Å². The lowest BCUT2D eigenvalue weighted by molar-refractivity contribution is -0.275. The van der Waals surface area contributed by atoms with Gasteiger partial charge >= 0.3 is 6.36 Å². The molecule has 0 aliphatic heterocycles. The van der Waals surface area contributed by atoms with E-state index in [0.29, 0.717) is 11.5 Å². The van der Waals surface area contributed by atoms with Gasteiger partial charge < -0.3 is 4.74 Å². The van der Waals surface area contributed by atoms with Crippen molar-refractivity contribution in [3.05, 3.63) is 28.5 Å². The van der Waals surface area contributed by atoms with Crippen LogP contribution in [0.15, 0.2) is 12.1 Å². The monoisotopic (exact) mass is 420 g/mol. The molecule has 0 atom stereocenters. The van der Waals surface area contributed by atoms with Crippen molar-refractivity contribution in [2.75, 3.05) is 0 Å². The maximum atomic E-state index is 14.2. The molecule has 0 saturated heterocycles. The first kappa shape index (κ1) is 21.7. The van der Waals surface area contributed by atoms with Gasteiger partial charge in [-0.15, -0.1) is 13.2 Å². The minimum atomic E-state index is -4.93. The number of halogens is 5. The summed E-state index contributed by atoms with van der Waals surface area (Å²) < 4.78 is 55.0. The van der Waals surface area contributed by atoms with Crippen LogP contribution in [-0.4, -0.2) is 6.36 Å². The molecule has 0 bridgehead atoms. The number of benzene rings is 1. The zero-order chi connectivity index (χ0) is 20.3. The third-order valence-electron chi connectivity index (χ3n) is 6.71. The number of hydrogen-bond donors (Lipinski definition) is 0. The lowest BCUT2D eigenvalue weighted by atomic mass is 9.74. The topological polar surface area (TPSA) is 9.23 Å². The summed E-state index contributed by atoms with van der Waals surface area (Å²) in [6.45, 7) is 2.34. The molecule has 0 amide bonds. The molecule has 28 heavy (non-hydrogen) atoms. The van der Waals surface area contributed by atoms with Crippen molar-refractivity contribution in [1.29, 1.82) is 0 Å². The molecule has 158 valence electrons. The van der Waals surface area contributed by atoms with E-state index in [-0.39, 0.29) is 10.9 Å². The zero-order valence-electron chi connectivity index (χ0n) is 16.3. The second kappa shape index (κ2) is 9.23. The second-order valence-electron chi connectivity index (χ2n) is 8.75. The van der Waals surface area contributed by atoms with Gasteiger partial charge in [-0.3, -0.25) is 0 Å². The van der Waals surface area contributed by atoms with Gasteiger partial charge in [0.1, 0.15) is 0 Å². The standard InChI is InChI=1S/C22H29ClF4O/c1-14-2-4-15(5-3-14)6-7-16-8-10-17(11-9-16)18-12-13-19(21(24)20(18)23)28-22(25,26)27/h12-17H,2-11H2,1H3. The molecule has 2 aliphatic carbocycles. The minimum absolute atomic E-state index is 0.105. The molecule has 0 N–H and O–H groups in total. The summed E-state index contributed by atoms with van der Waals surface area (Å²) >= 11 is 6.05.